The maximum Gasteiger partial charge on any atom is 0.218 e. The predicted octanol–water partition coefficient (Wildman–Crippen LogP) is 2.61. The molecule has 32 heavy (non-hydrogen) atoms. The summed E-state index contributed by atoms with van der Waals surface area (Å²) in [5, 5.41) is 22.3. The van der Waals surface area contributed by atoms with Crippen molar-refractivity contribution in [3.8, 4) is 17.3 Å². The van der Waals surface area contributed by atoms with Crippen LogP contribution in [0.3, 0.4) is 0 Å². The van der Waals surface area contributed by atoms with E-state index in [1.165, 1.54) is 13.2 Å². The number of aliphatic hydroxyl groups excluding tert-OH is 1. The van der Waals surface area contributed by atoms with Gasteiger partial charge in [-0.3, -0.25) is 0 Å². The molecule has 164 valence electrons. The average molecular weight is 435 g/mol. The van der Waals surface area contributed by atoms with Crippen LogP contribution in [0.25, 0.3) is 17.0 Å². The Morgan fingerprint density at radius 2 is 2.09 bits per heavy atom. The van der Waals surface area contributed by atoms with Crippen LogP contribution >= 0.6 is 0 Å². The van der Waals surface area contributed by atoms with Crippen LogP contribution in [0.5, 0.6) is 5.88 Å². The zero-order chi connectivity index (χ0) is 22.1. The molecule has 4 aromatic heterocycles. The van der Waals surface area contributed by atoms with Crippen molar-refractivity contribution < 1.29 is 14.2 Å². The molecule has 9 nitrogen and oxygen atoms in total. The summed E-state index contributed by atoms with van der Waals surface area (Å²) in [5.41, 5.74) is 3.60. The Labute approximate surface area is 183 Å². The van der Waals surface area contributed by atoms with Gasteiger partial charge in [0.05, 0.1) is 31.7 Å². The second-order valence-corrected chi connectivity index (χ2v) is 7.63. The van der Waals surface area contributed by atoms with E-state index >= 15 is 0 Å². The third-order valence-corrected chi connectivity index (χ3v) is 5.67. The minimum absolute atomic E-state index is 0.0371. The van der Waals surface area contributed by atoms with Crippen molar-refractivity contribution in [3.63, 3.8) is 0 Å². The van der Waals surface area contributed by atoms with Crippen LogP contribution in [0.15, 0.2) is 42.9 Å². The highest BCUT2D eigenvalue weighted by Gasteiger charge is 2.31. The van der Waals surface area contributed by atoms with Crippen LogP contribution in [0.1, 0.15) is 30.0 Å². The van der Waals surface area contributed by atoms with Crippen molar-refractivity contribution in [3.05, 3.63) is 59.8 Å². The molecule has 1 aliphatic heterocycles. The molecule has 0 aromatic carbocycles. The molecular formula is C22H22FN7O2. The van der Waals surface area contributed by atoms with Gasteiger partial charge in [-0.05, 0) is 49.1 Å². The minimum Gasteiger partial charge on any atom is -0.481 e. The zero-order valence-corrected chi connectivity index (χ0v) is 17.5. The van der Waals surface area contributed by atoms with Gasteiger partial charge in [-0.2, -0.15) is 5.10 Å². The number of methoxy groups -OCH3 is 1. The molecule has 0 amide bonds. The highest BCUT2D eigenvalue weighted by Crippen LogP contribution is 2.38. The zero-order valence-electron chi connectivity index (χ0n) is 17.5. The highest BCUT2D eigenvalue weighted by atomic mass is 19.1. The highest BCUT2D eigenvalue weighted by molar-refractivity contribution is 5.61. The van der Waals surface area contributed by atoms with E-state index in [2.05, 4.69) is 25.1 Å². The number of halogens is 1. The summed E-state index contributed by atoms with van der Waals surface area (Å²) >= 11 is 0. The Balaban J connectivity index is 1.55. The summed E-state index contributed by atoms with van der Waals surface area (Å²) in [4.78, 5) is 10.7. The Kier molecular flexibility index (Phi) is 5.36. The number of aliphatic hydroxyl groups is 1. The lowest BCUT2D eigenvalue weighted by atomic mass is 10.1. The van der Waals surface area contributed by atoms with E-state index in [0.29, 0.717) is 34.9 Å². The lowest BCUT2D eigenvalue weighted by Gasteiger charge is -2.26. The van der Waals surface area contributed by atoms with Gasteiger partial charge in [0.15, 0.2) is 5.65 Å². The van der Waals surface area contributed by atoms with Crippen LogP contribution in [-0.4, -0.2) is 55.1 Å². The molecule has 0 bridgehead atoms. The van der Waals surface area contributed by atoms with Gasteiger partial charge in [-0.1, -0.05) is 0 Å². The van der Waals surface area contributed by atoms with Gasteiger partial charge in [-0.25, -0.2) is 18.9 Å². The molecule has 5 heterocycles. The molecule has 1 aliphatic rings. The summed E-state index contributed by atoms with van der Waals surface area (Å²) in [6, 6.07) is 7.07. The Hall–Kier alpha value is -3.66. The third-order valence-electron chi connectivity index (χ3n) is 5.67. The number of imidazole rings is 1. The summed E-state index contributed by atoms with van der Waals surface area (Å²) < 4.78 is 21.1. The van der Waals surface area contributed by atoms with Gasteiger partial charge in [0.2, 0.25) is 5.88 Å². The van der Waals surface area contributed by atoms with Gasteiger partial charge < -0.3 is 14.7 Å². The topological polar surface area (TPSA) is 102 Å². The normalized spacial score (nSPS) is 16.1. The standard InChI is InChI=1S/C22H22FN7O2/c1-32-22-16(10-15(23)12-25-22)18-3-2-7-29(18)21-5-4-20-24-13-19(30(20)28-21)17-9-14(6-8-31)11-26-27-17/h4-5,9-13,18,31H,2-3,6-8H2,1H3/t18-/m1/s1. The maximum atomic E-state index is 14.0. The fraction of sp³-hybridized carbons (Fsp3) is 0.318. The Morgan fingerprint density at radius 1 is 1.19 bits per heavy atom. The molecule has 0 aliphatic carbocycles. The van der Waals surface area contributed by atoms with Crippen molar-refractivity contribution in [2.45, 2.75) is 25.3 Å². The van der Waals surface area contributed by atoms with Crippen LogP contribution in [0, 0.1) is 5.82 Å². The SMILES string of the molecule is COc1ncc(F)cc1[C@H]1CCCN1c1ccc2ncc(-c3cc(CCO)cnn3)n2n1. The van der Waals surface area contributed by atoms with Gasteiger partial charge in [0, 0.05) is 18.7 Å². The van der Waals surface area contributed by atoms with E-state index in [9.17, 15) is 9.50 Å². The first-order valence-electron chi connectivity index (χ1n) is 10.4. The number of nitrogens with zero attached hydrogens (tertiary/aromatic N) is 7. The van der Waals surface area contributed by atoms with E-state index in [0.717, 1.165) is 37.0 Å². The number of pyridine rings is 1. The largest absolute Gasteiger partial charge is 0.481 e. The minimum atomic E-state index is -0.394. The van der Waals surface area contributed by atoms with Gasteiger partial charge >= 0.3 is 0 Å². The van der Waals surface area contributed by atoms with E-state index in [4.69, 9.17) is 9.84 Å². The van der Waals surface area contributed by atoms with E-state index in [1.807, 2.05) is 18.2 Å². The second-order valence-electron chi connectivity index (χ2n) is 7.63. The van der Waals surface area contributed by atoms with Crippen LogP contribution in [0.2, 0.25) is 0 Å². The number of ether oxygens (including phenoxy) is 1. The van der Waals surface area contributed by atoms with E-state index < -0.39 is 5.82 Å². The lowest BCUT2D eigenvalue weighted by Crippen LogP contribution is -2.25. The van der Waals surface area contributed by atoms with Crippen molar-refractivity contribution in [2.75, 3.05) is 25.2 Å². The van der Waals surface area contributed by atoms with Crippen molar-refractivity contribution in [2.24, 2.45) is 0 Å². The smallest absolute Gasteiger partial charge is 0.218 e. The molecule has 0 saturated carbocycles. The molecule has 5 rings (SSSR count). The fourth-order valence-electron chi connectivity index (χ4n) is 4.21. The first-order valence-corrected chi connectivity index (χ1v) is 10.4. The molecule has 1 fully saturated rings. The molecule has 0 spiro atoms. The van der Waals surface area contributed by atoms with Gasteiger partial charge in [0.25, 0.3) is 0 Å². The van der Waals surface area contributed by atoms with E-state index in [1.54, 1.807) is 16.9 Å². The fourth-order valence-corrected chi connectivity index (χ4v) is 4.21. The van der Waals surface area contributed by atoms with E-state index in [-0.39, 0.29) is 12.6 Å². The van der Waals surface area contributed by atoms with Gasteiger partial charge in [-0.15, -0.1) is 10.2 Å². The van der Waals surface area contributed by atoms with Crippen molar-refractivity contribution in [1.29, 1.82) is 0 Å². The molecule has 1 atom stereocenters. The number of hydrogen-bond donors (Lipinski definition) is 1. The molecule has 0 radical (unpaired) electrons. The number of rotatable bonds is 6. The first-order chi connectivity index (χ1) is 15.7. The molecule has 10 heteroatoms. The van der Waals surface area contributed by atoms with Crippen molar-refractivity contribution >= 4 is 11.5 Å². The quantitative estimate of drug-likeness (QED) is 0.493. The average Bonchev–Trinajstić information content (AvgIpc) is 3.46. The van der Waals surface area contributed by atoms with Gasteiger partial charge in [0.1, 0.15) is 23.0 Å². The van der Waals surface area contributed by atoms with Crippen LogP contribution < -0.4 is 9.64 Å². The summed E-state index contributed by atoms with van der Waals surface area (Å²) in [6.07, 6.45) is 6.78. The number of fused-ring (bicyclic) bond motifs is 1. The summed E-state index contributed by atoms with van der Waals surface area (Å²) in [7, 11) is 1.54. The third kappa shape index (κ3) is 3.62. The molecule has 1 N–H and O–H groups in total. The predicted molar refractivity (Wildman–Crippen MR) is 115 cm³/mol. The van der Waals surface area contributed by atoms with Crippen molar-refractivity contribution in [1.82, 2.24) is 29.8 Å². The summed E-state index contributed by atoms with van der Waals surface area (Å²) in [5.74, 6) is 0.767. The Bertz CT molecular complexity index is 1260. The van der Waals surface area contributed by atoms with Crippen LogP contribution in [-0.2, 0) is 6.42 Å². The molecule has 4 aromatic rings. The van der Waals surface area contributed by atoms with Crippen LogP contribution in [0.4, 0.5) is 10.2 Å². The maximum absolute atomic E-state index is 14.0. The molecular weight excluding hydrogens is 413 g/mol. The lowest BCUT2D eigenvalue weighted by molar-refractivity contribution is 0.299. The Morgan fingerprint density at radius 3 is 2.94 bits per heavy atom. The number of aromatic nitrogens is 6. The monoisotopic (exact) mass is 435 g/mol. The first kappa shape index (κ1) is 20.3. The molecule has 0 unspecified atom stereocenters. The molecule has 1 saturated heterocycles. The number of anilines is 1. The number of hydrogen-bond acceptors (Lipinski definition) is 8. The second kappa shape index (κ2) is 8.46. The summed E-state index contributed by atoms with van der Waals surface area (Å²) in [6.45, 7) is 0.814.